The van der Waals surface area contributed by atoms with E-state index in [9.17, 15) is 4.79 Å². The van der Waals surface area contributed by atoms with E-state index < -0.39 is 0 Å². The number of rotatable bonds is 7. The van der Waals surface area contributed by atoms with Crippen LogP contribution < -0.4 is 4.74 Å². The highest BCUT2D eigenvalue weighted by Gasteiger charge is 2.22. The van der Waals surface area contributed by atoms with E-state index in [2.05, 4.69) is 29.8 Å². The molecule has 0 aliphatic heterocycles. The summed E-state index contributed by atoms with van der Waals surface area (Å²) in [6.07, 6.45) is 2.23. The van der Waals surface area contributed by atoms with Crippen molar-refractivity contribution in [3.05, 3.63) is 28.7 Å². The smallest absolute Gasteiger partial charge is 0.263 e. The lowest BCUT2D eigenvalue weighted by Crippen LogP contribution is -2.40. The Morgan fingerprint density at radius 2 is 1.89 bits per heavy atom. The summed E-state index contributed by atoms with van der Waals surface area (Å²) in [5, 5.41) is 0. The van der Waals surface area contributed by atoms with Crippen molar-refractivity contribution in [2.75, 3.05) is 13.6 Å². The van der Waals surface area contributed by atoms with Gasteiger partial charge in [-0.3, -0.25) is 4.79 Å². The topological polar surface area (TPSA) is 29.5 Å². The molecule has 1 amide bonds. The first-order valence-corrected chi connectivity index (χ1v) is 7.55. The number of amides is 1. The maximum atomic E-state index is 12.3. The fraction of sp³-hybridized carbons (Fsp3) is 0.533. The SMILES string of the molecule is CCCC(Oc1ccc(Br)cc1)C(=O)N(C)CCC. The van der Waals surface area contributed by atoms with Crippen LogP contribution in [0.4, 0.5) is 0 Å². The molecule has 1 rings (SSSR count). The molecule has 0 bridgehead atoms. The lowest BCUT2D eigenvalue weighted by atomic mass is 10.2. The van der Waals surface area contributed by atoms with Gasteiger partial charge < -0.3 is 9.64 Å². The van der Waals surface area contributed by atoms with Gasteiger partial charge in [-0.25, -0.2) is 0 Å². The molecule has 1 atom stereocenters. The maximum absolute atomic E-state index is 12.3. The first-order chi connectivity index (χ1) is 9.08. The minimum Gasteiger partial charge on any atom is -0.481 e. The van der Waals surface area contributed by atoms with Crippen molar-refractivity contribution in [1.29, 1.82) is 0 Å². The van der Waals surface area contributed by atoms with Gasteiger partial charge in [0, 0.05) is 18.1 Å². The molecule has 0 saturated heterocycles. The number of hydrogen-bond donors (Lipinski definition) is 0. The quantitative estimate of drug-likeness (QED) is 0.760. The molecule has 19 heavy (non-hydrogen) atoms. The third kappa shape index (κ3) is 5.23. The van der Waals surface area contributed by atoms with Gasteiger partial charge in [-0.1, -0.05) is 36.2 Å². The van der Waals surface area contributed by atoms with E-state index in [1.54, 1.807) is 4.90 Å². The number of ether oxygens (including phenoxy) is 1. The van der Waals surface area contributed by atoms with Crippen LogP contribution in [0.2, 0.25) is 0 Å². The lowest BCUT2D eigenvalue weighted by Gasteiger charge is -2.24. The Hall–Kier alpha value is -1.03. The highest BCUT2D eigenvalue weighted by Crippen LogP contribution is 2.19. The van der Waals surface area contributed by atoms with Crippen LogP contribution in [0.5, 0.6) is 5.75 Å². The highest BCUT2D eigenvalue weighted by atomic mass is 79.9. The molecule has 0 saturated carbocycles. The molecular weight excluding hydrogens is 306 g/mol. The summed E-state index contributed by atoms with van der Waals surface area (Å²) in [5.74, 6) is 0.798. The number of halogens is 1. The van der Waals surface area contributed by atoms with Crippen molar-refractivity contribution >= 4 is 21.8 Å². The summed E-state index contributed by atoms with van der Waals surface area (Å²) in [6.45, 7) is 4.89. The first-order valence-electron chi connectivity index (χ1n) is 6.75. The Labute approximate surface area is 124 Å². The normalized spacial score (nSPS) is 12.0. The van der Waals surface area contributed by atoms with Crippen LogP contribution in [-0.4, -0.2) is 30.5 Å². The van der Waals surface area contributed by atoms with Crippen LogP contribution in [-0.2, 0) is 4.79 Å². The zero-order chi connectivity index (χ0) is 14.3. The van der Waals surface area contributed by atoms with E-state index >= 15 is 0 Å². The number of benzene rings is 1. The minimum absolute atomic E-state index is 0.0617. The van der Waals surface area contributed by atoms with Crippen LogP contribution in [0.1, 0.15) is 33.1 Å². The fourth-order valence-corrected chi connectivity index (χ4v) is 2.13. The molecule has 1 aromatic carbocycles. The molecule has 0 radical (unpaired) electrons. The van der Waals surface area contributed by atoms with Crippen LogP contribution >= 0.6 is 15.9 Å². The number of carbonyl (C=O) groups is 1. The van der Waals surface area contributed by atoms with Gasteiger partial charge in [0.15, 0.2) is 6.10 Å². The average molecular weight is 328 g/mol. The van der Waals surface area contributed by atoms with Gasteiger partial charge in [0.25, 0.3) is 5.91 Å². The van der Waals surface area contributed by atoms with Crippen molar-refractivity contribution < 1.29 is 9.53 Å². The van der Waals surface area contributed by atoms with Crippen LogP contribution in [0.3, 0.4) is 0 Å². The van der Waals surface area contributed by atoms with Gasteiger partial charge >= 0.3 is 0 Å². The molecule has 3 nitrogen and oxygen atoms in total. The molecule has 0 aromatic heterocycles. The van der Waals surface area contributed by atoms with Crippen molar-refractivity contribution in [2.45, 2.75) is 39.2 Å². The van der Waals surface area contributed by atoms with Gasteiger partial charge in [0.2, 0.25) is 0 Å². The molecule has 0 aliphatic rings. The molecule has 4 heteroatoms. The summed E-state index contributed by atoms with van der Waals surface area (Å²) in [7, 11) is 1.83. The second-order valence-corrected chi connectivity index (χ2v) is 5.52. The second-order valence-electron chi connectivity index (χ2n) is 4.61. The maximum Gasteiger partial charge on any atom is 0.263 e. The summed E-state index contributed by atoms with van der Waals surface area (Å²) in [6, 6.07) is 7.58. The van der Waals surface area contributed by atoms with Crippen LogP contribution in [0.15, 0.2) is 28.7 Å². The average Bonchev–Trinajstić information content (AvgIpc) is 2.40. The molecule has 0 spiro atoms. The van der Waals surface area contributed by atoms with Crippen molar-refractivity contribution in [3.8, 4) is 5.75 Å². The molecule has 0 fully saturated rings. The monoisotopic (exact) mass is 327 g/mol. The lowest BCUT2D eigenvalue weighted by molar-refractivity contribution is -0.137. The van der Waals surface area contributed by atoms with Crippen LogP contribution in [0.25, 0.3) is 0 Å². The summed E-state index contributed by atoms with van der Waals surface area (Å²) >= 11 is 3.38. The predicted octanol–water partition coefficient (Wildman–Crippen LogP) is 3.87. The number of hydrogen-bond acceptors (Lipinski definition) is 2. The molecule has 0 aliphatic carbocycles. The molecule has 0 heterocycles. The summed E-state index contributed by atoms with van der Waals surface area (Å²) in [4.78, 5) is 14.0. The van der Waals surface area contributed by atoms with Gasteiger partial charge in [-0.2, -0.15) is 0 Å². The van der Waals surface area contributed by atoms with E-state index in [-0.39, 0.29) is 12.0 Å². The molecule has 0 N–H and O–H groups in total. The summed E-state index contributed by atoms with van der Waals surface area (Å²) in [5.41, 5.74) is 0. The van der Waals surface area contributed by atoms with E-state index in [1.165, 1.54) is 0 Å². The number of nitrogens with zero attached hydrogens (tertiary/aromatic N) is 1. The molecule has 1 aromatic rings. The van der Waals surface area contributed by atoms with Crippen molar-refractivity contribution in [3.63, 3.8) is 0 Å². The van der Waals surface area contributed by atoms with Gasteiger partial charge in [-0.05, 0) is 37.1 Å². The fourth-order valence-electron chi connectivity index (χ4n) is 1.86. The second kappa shape index (κ2) is 8.20. The van der Waals surface area contributed by atoms with E-state index in [0.717, 1.165) is 36.0 Å². The minimum atomic E-state index is -0.386. The third-order valence-corrected chi connectivity index (χ3v) is 3.38. The van der Waals surface area contributed by atoms with Gasteiger partial charge in [0.1, 0.15) is 5.75 Å². The first kappa shape index (κ1) is 16.0. The van der Waals surface area contributed by atoms with Crippen molar-refractivity contribution in [2.24, 2.45) is 0 Å². The predicted molar refractivity (Wildman–Crippen MR) is 81.4 cm³/mol. The zero-order valence-corrected chi connectivity index (χ0v) is 13.4. The Balaban J connectivity index is 2.71. The Morgan fingerprint density at radius 3 is 2.42 bits per heavy atom. The Morgan fingerprint density at radius 1 is 1.26 bits per heavy atom. The third-order valence-electron chi connectivity index (χ3n) is 2.85. The Kier molecular flexibility index (Phi) is 6.92. The van der Waals surface area contributed by atoms with E-state index in [0.29, 0.717) is 0 Å². The standard InChI is InChI=1S/C15H22BrNO2/c1-4-6-14(15(18)17(3)11-5-2)19-13-9-7-12(16)8-10-13/h7-10,14H,4-6,11H2,1-3H3. The van der Waals surface area contributed by atoms with Crippen LogP contribution in [0, 0.1) is 0 Å². The van der Waals surface area contributed by atoms with Gasteiger partial charge in [-0.15, -0.1) is 0 Å². The Bertz CT molecular complexity index is 392. The van der Waals surface area contributed by atoms with E-state index in [1.807, 2.05) is 31.3 Å². The number of carbonyl (C=O) groups excluding carboxylic acids is 1. The van der Waals surface area contributed by atoms with Gasteiger partial charge in [0.05, 0.1) is 0 Å². The van der Waals surface area contributed by atoms with Crippen molar-refractivity contribution in [1.82, 2.24) is 4.90 Å². The number of likely N-dealkylation sites (N-methyl/N-ethyl adjacent to an activating group) is 1. The molecular formula is C15H22BrNO2. The highest BCUT2D eigenvalue weighted by molar-refractivity contribution is 9.10. The zero-order valence-electron chi connectivity index (χ0n) is 11.9. The summed E-state index contributed by atoms with van der Waals surface area (Å²) < 4.78 is 6.83. The largest absolute Gasteiger partial charge is 0.481 e. The molecule has 1 unspecified atom stereocenters. The molecule has 106 valence electrons. The van der Waals surface area contributed by atoms with E-state index in [4.69, 9.17) is 4.74 Å².